The van der Waals surface area contributed by atoms with Gasteiger partial charge in [-0.05, 0) is 33.1 Å². The molecule has 1 aliphatic rings. The first kappa shape index (κ1) is 26.1. The second-order valence-electron chi connectivity index (χ2n) is 7.79. The minimum atomic E-state index is -1.02. The van der Waals surface area contributed by atoms with Crippen molar-refractivity contribution in [3.05, 3.63) is 5.73 Å². The second-order valence-corrected chi connectivity index (χ2v) is 7.79. The summed E-state index contributed by atoms with van der Waals surface area (Å²) in [6, 6.07) is -1.09. The Kier molecular flexibility index (Phi) is 11.2. The molecule has 0 saturated heterocycles. The van der Waals surface area contributed by atoms with Crippen LogP contribution in [0.1, 0.15) is 53.9 Å². The van der Waals surface area contributed by atoms with Gasteiger partial charge in [0, 0.05) is 50.1 Å². The van der Waals surface area contributed by atoms with Crippen LogP contribution in [0.15, 0.2) is 0 Å². The molecule has 0 aromatic heterocycles. The number of carbonyl (C=O) groups is 2. The van der Waals surface area contributed by atoms with Crippen molar-refractivity contribution in [1.82, 2.24) is 5.32 Å². The smallest absolute Gasteiger partial charge is 0.407 e. The van der Waals surface area contributed by atoms with Gasteiger partial charge in [-0.25, -0.2) is 4.79 Å². The largest absolute Gasteiger partial charge is 0.674 e. The molecule has 7 nitrogen and oxygen atoms in total. The normalized spacial score (nSPS) is 26.8. The van der Waals surface area contributed by atoms with Crippen LogP contribution in [0.2, 0.25) is 0 Å². The van der Waals surface area contributed by atoms with Gasteiger partial charge in [0.15, 0.2) is 0 Å². The van der Waals surface area contributed by atoms with Crippen LogP contribution in [0.3, 0.4) is 0 Å². The fourth-order valence-electron chi connectivity index (χ4n) is 3.65. The average Bonchev–Trinajstić information content (AvgIpc) is 2.81. The summed E-state index contributed by atoms with van der Waals surface area (Å²) in [7, 11) is 1.28. The molecule has 0 bridgehead atoms. The van der Waals surface area contributed by atoms with Gasteiger partial charge in [-0.3, -0.25) is 4.79 Å². The molecule has 1 saturated carbocycles. The van der Waals surface area contributed by atoms with Crippen molar-refractivity contribution < 1.29 is 68.2 Å². The van der Waals surface area contributed by atoms with Crippen LogP contribution < -0.4 is 5.32 Å². The van der Waals surface area contributed by atoms with Crippen LogP contribution in [-0.2, 0) is 14.3 Å². The SMILES string of the molecule is CCC(CC)C([NH-])[C@@H]1[C@H](O)[C@@H](C(=O)OC)C[C@H]1NC(=O)OC(C)(C)C.[Ac]. The van der Waals surface area contributed by atoms with Gasteiger partial charge in [-0.15, -0.1) is 6.04 Å². The summed E-state index contributed by atoms with van der Waals surface area (Å²) in [5.41, 5.74) is 7.95. The van der Waals surface area contributed by atoms with E-state index in [4.69, 9.17) is 15.2 Å². The number of ether oxygens (including phenoxy) is 2. The molecule has 0 aromatic rings. The number of amides is 1. The standard InChI is InChI=1S/C18H33N2O5.Ac/c1-7-10(8-2)14(19)13-12(20-17(23)25-18(3,4)5)9-11(15(13)21)16(22)24-6;/h10-15,19,21H,7-9H2,1-6H3,(H,20,23);/q-1;/t11-,12+,13+,14?,15+;/m0./s1. The molecule has 0 aromatic carbocycles. The quantitative estimate of drug-likeness (QED) is 0.467. The molecular formula is C18H33AcN2O5-. The van der Waals surface area contributed by atoms with E-state index < -0.39 is 47.7 Å². The van der Waals surface area contributed by atoms with E-state index in [0.717, 1.165) is 12.8 Å². The molecular weight excluding hydrogens is 551 g/mol. The molecule has 8 heteroatoms. The van der Waals surface area contributed by atoms with E-state index in [1.165, 1.54) is 7.11 Å². The van der Waals surface area contributed by atoms with Gasteiger partial charge in [0.2, 0.25) is 0 Å². The molecule has 0 heterocycles. The van der Waals surface area contributed by atoms with Crippen LogP contribution in [-0.4, -0.2) is 48.1 Å². The van der Waals surface area contributed by atoms with Gasteiger partial charge in [0.1, 0.15) is 5.60 Å². The monoisotopic (exact) mass is 584 g/mol. The van der Waals surface area contributed by atoms with Crippen molar-refractivity contribution >= 4 is 12.1 Å². The van der Waals surface area contributed by atoms with E-state index in [0.29, 0.717) is 0 Å². The third-order valence-corrected chi connectivity index (χ3v) is 4.96. The summed E-state index contributed by atoms with van der Waals surface area (Å²) in [5.74, 6) is -1.71. The number of esters is 1. The predicted octanol–water partition coefficient (Wildman–Crippen LogP) is 2.91. The summed E-state index contributed by atoms with van der Waals surface area (Å²) < 4.78 is 10.1. The van der Waals surface area contributed by atoms with Crippen molar-refractivity contribution in [2.24, 2.45) is 17.8 Å². The summed E-state index contributed by atoms with van der Waals surface area (Å²) in [5, 5.41) is 13.4. The Morgan fingerprint density at radius 2 is 1.81 bits per heavy atom. The van der Waals surface area contributed by atoms with E-state index >= 15 is 0 Å². The van der Waals surface area contributed by atoms with Crippen LogP contribution in [0.5, 0.6) is 0 Å². The molecule has 1 radical (unpaired) electrons. The minimum absolute atomic E-state index is 0. The van der Waals surface area contributed by atoms with E-state index in [9.17, 15) is 14.7 Å². The maximum atomic E-state index is 12.2. The summed E-state index contributed by atoms with van der Waals surface area (Å²) in [6.45, 7) is 9.31. The van der Waals surface area contributed by atoms with Crippen LogP contribution in [0.4, 0.5) is 4.79 Å². The maximum Gasteiger partial charge on any atom is 0.407 e. The number of alkyl carbamates (subject to hydrolysis) is 1. The summed E-state index contributed by atoms with van der Waals surface area (Å²) >= 11 is 0. The zero-order valence-corrected chi connectivity index (χ0v) is 21.5. The Morgan fingerprint density at radius 1 is 1.27 bits per heavy atom. The number of methoxy groups -OCH3 is 1. The van der Waals surface area contributed by atoms with Crippen molar-refractivity contribution in [3.8, 4) is 0 Å². The molecule has 1 fully saturated rings. The molecule has 149 valence electrons. The average molecular weight is 584 g/mol. The fraction of sp³-hybridized carbons (Fsp3) is 0.889. The number of hydrogen-bond acceptors (Lipinski definition) is 5. The van der Waals surface area contributed by atoms with Crippen LogP contribution >= 0.6 is 0 Å². The van der Waals surface area contributed by atoms with Crippen LogP contribution in [0, 0.1) is 61.8 Å². The molecule has 1 rings (SSSR count). The number of carbonyl (C=O) groups excluding carboxylic acids is 2. The Labute approximate surface area is 192 Å². The number of aliphatic hydroxyl groups is 1. The topological polar surface area (TPSA) is 109 Å². The minimum Gasteiger partial charge on any atom is -0.674 e. The first-order valence-electron chi connectivity index (χ1n) is 9.02. The Balaban J connectivity index is 0.00000625. The molecule has 5 atom stereocenters. The Morgan fingerprint density at radius 3 is 2.23 bits per heavy atom. The molecule has 1 unspecified atom stereocenters. The van der Waals surface area contributed by atoms with Gasteiger partial charge >= 0.3 is 12.1 Å². The van der Waals surface area contributed by atoms with E-state index in [1.807, 2.05) is 13.8 Å². The van der Waals surface area contributed by atoms with Gasteiger partial charge in [-0.2, -0.15) is 0 Å². The maximum absolute atomic E-state index is 12.2. The number of rotatable bonds is 6. The van der Waals surface area contributed by atoms with Crippen molar-refractivity contribution in [3.63, 3.8) is 0 Å². The molecule has 3 N–H and O–H groups in total. The third kappa shape index (κ3) is 6.92. The van der Waals surface area contributed by atoms with E-state index in [-0.39, 0.29) is 56.4 Å². The fourth-order valence-corrected chi connectivity index (χ4v) is 3.65. The van der Waals surface area contributed by atoms with Gasteiger partial charge in [-0.1, -0.05) is 32.6 Å². The van der Waals surface area contributed by atoms with Gasteiger partial charge in [0.05, 0.1) is 19.1 Å². The molecule has 0 spiro atoms. The van der Waals surface area contributed by atoms with Gasteiger partial charge < -0.3 is 25.6 Å². The van der Waals surface area contributed by atoms with Crippen LogP contribution in [0.25, 0.3) is 5.73 Å². The summed E-state index contributed by atoms with van der Waals surface area (Å²) in [4.78, 5) is 24.1. The van der Waals surface area contributed by atoms with Gasteiger partial charge in [0.25, 0.3) is 0 Å². The Bertz CT molecular complexity index is 465. The third-order valence-electron chi connectivity index (χ3n) is 4.96. The molecule has 1 amide bonds. The number of aliphatic hydroxyl groups excluding tert-OH is 1. The predicted molar refractivity (Wildman–Crippen MR) is 95.0 cm³/mol. The van der Waals surface area contributed by atoms with Crippen molar-refractivity contribution in [2.45, 2.75) is 77.7 Å². The van der Waals surface area contributed by atoms with Crippen molar-refractivity contribution in [1.29, 1.82) is 0 Å². The molecule has 1 aliphatic carbocycles. The number of hydrogen-bond donors (Lipinski definition) is 2. The summed E-state index contributed by atoms with van der Waals surface area (Å²) in [6.07, 6.45) is 0.228. The van der Waals surface area contributed by atoms with Crippen molar-refractivity contribution in [2.75, 3.05) is 7.11 Å². The van der Waals surface area contributed by atoms with E-state index in [1.54, 1.807) is 20.8 Å². The first-order chi connectivity index (χ1) is 11.6. The second kappa shape index (κ2) is 11.2. The molecule has 0 aliphatic heterocycles. The van der Waals surface area contributed by atoms with E-state index in [2.05, 4.69) is 5.32 Å². The number of nitrogens with one attached hydrogen (secondary N) is 2. The first-order valence-corrected chi connectivity index (χ1v) is 9.02. The Hall–Kier alpha value is 0.102. The zero-order valence-electron chi connectivity index (χ0n) is 16.7. The zero-order chi connectivity index (χ0) is 19.4. The molecule has 26 heavy (non-hydrogen) atoms.